The number of hydrogen-bond donors (Lipinski definition) is 1. The molecule has 1 N–H and O–H groups in total. The Balaban J connectivity index is 1.99. The van der Waals surface area contributed by atoms with Crippen LogP contribution in [0.3, 0.4) is 0 Å². The SMILES string of the molecule is O=[C]1CCC[CH2][In]1[C]1(OCCO)CCc2ccccc21. The van der Waals surface area contributed by atoms with Gasteiger partial charge in [-0.25, -0.2) is 0 Å². The van der Waals surface area contributed by atoms with E-state index >= 15 is 0 Å². The molecule has 3 nitrogen and oxygen atoms in total. The summed E-state index contributed by atoms with van der Waals surface area (Å²) in [6.07, 6.45) is 5.00. The van der Waals surface area contributed by atoms with E-state index in [-0.39, 0.29) is 9.96 Å². The van der Waals surface area contributed by atoms with Crippen LogP contribution < -0.4 is 0 Å². The molecule has 2 aliphatic rings. The molecule has 1 fully saturated rings. The monoisotopic (exact) mass is 376 g/mol. The van der Waals surface area contributed by atoms with Crippen LogP contribution in [-0.4, -0.2) is 43.3 Å². The molecule has 1 aromatic rings. The van der Waals surface area contributed by atoms with Crippen molar-refractivity contribution in [1.29, 1.82) is 0 Å². The minimum absolute atomic E-state index is 0.0384. The molecule has 4 heteroatoms. The van der Waals surface area contributed by atoms with Crippen LogP contribution in [0, 0.1) is 0 Å². The van der Waals surface area contributed by atoms with Gasteiger partial charge in [0, 0.05) is 0 Å². The Kier molecular flexibility index (Phi) is 4.53. The first-order chi connectivity index (χ1) is 9.78. The molecule has 0 aromatic heterocycles. The molecule has 0 saturated carbocycles. The van der Waals surface area contributed by atoms with Crippen molar-refractivity contribution in [2.45, 2.75) is 39.6 Å². The molecule has 1 heterocycles. The summed E-state index contributed by atoms with van der Waals surface area (Å²) in [6.45, 7) is 0.395. The summed E-state index contributed by atoms with van der Waals surface area (Å²) in [6, 6.07) is 8.44. The molecule has 1 saturated heterocycles. The molecule has 3 rings (SSSR count). The molecule has 1 aliphatic heterocycles. The van der Waals surface area contributed by atoms with Crippen molar-refractivity contribution in [3.63, 3.8) is 0 Å². The van der Waals surface area contributed by atoms with Gasteiger partial charge >= 0.3 is 128 Å². The van der Waals surface area contributed by atoms with Gasteiger partial charge in [0.15, 0.2) is 0 Å². The van der Waals surface area contributed by atoms with Crippen molar-refractivity contribution in [2.75, 3.05) is 13.2 Å². The van der Waals surface area contributed by atoms with Gasteiger partial charge < -0.3 is 0 Å². The van der Waals surface area contributed by atoms with Crippen molar-refractivity contribution in [1.82, 2.24) is 0 Å². The normalized spacial score (nSPS) is 25.9. The predicted molar refractivity (Wildman–Crippen MR) is 78.9 cm³/mol. The van der Waals surface area contributed by atoms with Crippen molar-refractivity contribution < 1.29 is 14.6 Å². The first kappa shape index (κ1) is 14.6. The number of carbonyl (C=O) groups is 1. The second-order valence-electron chi connectivity index (χ2n) is 5.88. The van der Waals surface area contributed by atoms with Crippen molar-refractivity contribution in [3.05, 3.63) is 35.4 Å². The molecule has 0 radical (unpaired) electrons. The summed E-state index contributed by atoms with van der Waals surface area (Å²) in [5.41, 5.74) is 2.62. The van der Waals surface area contributed by atoms with Crippen LogP contribution in [0.2, 0.25) is 4.18 Å². The fourth-order valence-corrected chi connectivity index (χ4v) is 15.4. The number of rotatable bonds is 4. The quantitative estimate of drug-likeness (QED) is 0.877. The molecular formula is C16H21InO3. The molecule has 0 bridgehead atoms. The average Bonchev–Trinajstić information content (AvgIpc) is 2.86. The standard InChI is InChI=1S/C11H13O2.C5H8O.In/c12-7-8-13-11-6-5-9-3-1-2-4-10(9)11;1-2-3-4-5-6;/h1-4,12H,5-8H2;1-4H2;. The number of fused-ring (bicyclic) bond motifs is 1. The van der Waals surface area contributed by atoms with Gasteiger partial charge in [0.1, 0.15) is 0 Å². The second kappa shape index (κ2) is 6.20. The summed E-state index contributed by atoms with van der Waals surface area (Å²) in [5, 5.41) is 9.17. The molecule has 1 atom stereocenters. The first-order valence-corrected chi connectivity index (χ1v) is 13.3. The van der Waals surface area contributed by atoms with Crippen LogP contribution in [0.1, 0.15) is 36.8 Å². The van der Waals surface area contributed by atoms with Gasteiger partial charge in [0.25, 0.3) is 0 Å². The summed E-state index contributed by atoms with van der Waals surface area (Å²) in [5.74, 6) is 0. The Hall–Kier alpha value is -0.320. The molecule has 1 unspecified atom stereocenters. The third-order valence-electron chi connectivity index (χ3n) is 4.81. The maximum atomic E-state index is 12.5. The molecule has 0 spiro atoms. The minimum atomic E-state index is -2.48. The van der Waals surface area contributed by atoms with Crippen LogP contribution in [0.4, 0.5) is 0 Å². The van der Waals surface area contributed by atoms with E-state index in [2.05, 4.69) is 24.3 Å². The fraction of sp³-hybridized carbons (Fsp3) is 0.562. The van der Waals surface area contributed by atoms with Crippen LogP contribution in [0.25, 0.3) is 0 Å². The molecule has 1 aromatic carbocycles. The van der Waals surface area contributed by atoms with E-state index in [1.54, 1.807) is 0 Å². The van der Waals surface area contributed by atoms with E-state index in [0.29, 0.717) is 10.1 Å². The number of benzene rings is 1. The molecule has 106 valence electrons. The Labute approximate surface area is 127 Å². The zero-order valence-electron chi connectivity index (χ0n) is 11.8. The number of hydrogen-bond acceptors (Lipinski definition) is 3. The van der Waals surface area contributed by atoms with Crippen LogP contribution in [-0.2, 0) is 19.3 Å². The van der Waals surface area contributed by atoms with Gasteiger partial charge in [-0.15, -0.1) is 0 Å². The van der Waals surface area contributed by atoms with Gasteiger partial charge in [0.05, 0.1) is 0 Å². The summed E-state index contributed by atoms with van der Waals surface area (Å²) in [4.78, 5) is 12.5. The topological polar surface area (TPSA) is 46.5 Å². The van der Waals surface area contributed by atoms with Gasteiger partial charge in [-0.1, -0.05) is 0 Å². The van der Waals surface area contributed by atoms with E-state index in [1.165, 1.54) is 17.5 Å². The Bertz CT molecular complexity index is 502. The summed E-state index contributed by atoms with van der Waals surface area (Å²) in [7, 11) is 0. The zero-order valence-corrected chi connectivity index (χ0v) is 15.1. The summed E-state index contributed by atoms with van der Waals surface area (Å²) < 4.78 is 7.59. The average molecular weight is 376 g/mol. The van der Waals surface area contributed by atoms with Gasteiger partial charge in [-0.05, 0) is 0 Å². The Morgan fingerprint density at radius 3 is 2.90 bits per heavy atom. The zero-order chi connectivity index (χ0) is 14.0. The first-order valence-electron chi connectivity index (χ1n) is 7.64. The fourth-order valence-electron chi connectivity index (χ4n) is 3.92. The summed E-state index contributed by atoms with van der Waals surface area (Å²) >= 11 is -2.48. The van der Waals surface area contributed by atoms with Crippen LogP contribution >= 0.6 is 0 Å². The number of ether oxygens (including phenoxy) is 1. The number of aliphatic hydroxyl groups is 1. The number of carbonyl (C=O) groups excluding carboxylic acids is 1. The third-order valence-corrected chi connectivity index (χ3v) is 16.1. The molecular weight excluding hydrogens is 355 g/mol. The second-order valence-corrected chi connectivity index (χ2v) is 15.2. The third kappa shape index (κ3) is 2.46. The number of aliphatic hydroxyl groups excluding tert-OH is 1. The van der Waals surface area contributed by atoms with E-state index in [1.807, 2.05) is 0 Å². The predicted octanol–water partition coefficient (Wildman–Crippen LogP) is 2.16. The van der Waals surface area contributed by atoms with Crippen molar-refractivity contribution >= 4 is 25.0 Å². The van der Waals surface area contributed by atoms with E-state index in [4.69, 9.17) is 9.84 Å². The van der Waals surface area contributed by atoms with Crippen LogP contribution in [0.5, 0.6) is 0 Å². The molecule has 1 aliphatic carbocycles. The van der Waals surface area contributed by atoms with Gasteiger partial charge in [0.2, 0.25) is 0 Å². The van der Waals surface area contributed by atoms with Crippen LogP contribution in [0.15, 0.2) is 24.3 Å². The molecule has 0 amide bonds. The van der Waals surface area contributed by atoms with Gasteiger partial charge in [-0.2, -0.15) is 0 Å². The van der Waals surface area contributed by atoms with E-state index in [0.717, 1.165) is 29.9 Å². The van der Waals surface area contributed by atoms with E-state index in [9.17, 15) is 4.79 Å². The van der Waals surface area contributed by atoms with Crippen molar-refractivity contribution in [3.8, 4) is 0 Å². The van der Waals surface area contributed by atoms with Crippen molar-refractivity contribution in [2.24, 2.45) is 0 Å². The van der Waals surface area contributed by atoms with E-state index < -0.39 is 21.4 Å². The Morgan fingerprint density at radius 2 is 2.10 bits per heavy atom. The molecule has 20 heavy (non-hydrogen) atoms. The number of aryl methyl sites for hydroxylation is 1. The Morgan fingerprint density at radius 1 is 1.25 bits per heavy atom. The van der Waals surface area contributed by atoms with Gasteiger partial charge in [-0.3, -0.25) is 0 Å². The maximum absolute atomic E-state index is 12.5.